The van der Waals surface area contributed by atoms with E-state index in [2.05, 4.69) is 20.6 Å². The Morgan fingerprint density at radius 3 is 2.52 bits per heavy atom. The number of carbonyl (C=O) groups excluding carboxylic acids is 3. The number of likely N-dealkylation sites (N-methyl/N-ethyl adjacent to an activating group) is 1. The zero-order valence-electron chi connectivity index (χ0n) is 20.1. The van der Waals surface area contributed by atoms with Crippen LogP contribution in [0.5, 0.6) is 0 Å². The summed E-state index contributed by atoms with van der Waals surface area (Å²) in [6, 6.07) is 1.69. The number of aromatic nitrogens is 2. The Balaban J connectivity index is 1.38. The number of nitrogens with one attached hydrogen (secondary N) is 2. The smallest absolute Gasteiger partial charge is 0.272 e. The fourth-order valence-corrected chi connectivity index (χ4v) is 5.20. The second kappa shape index (κ2) is 10.2. The molecule has 2 N–H and O–H groups in total. The summed E-state index contributed by atoms with van der Waals surface area (Å²) >= 11 is 0. The van der Waals surface area contributed by atoms with E-state index in [-0.39, 0.29) is 36.0 Å². The summed E-state index contributed by atoms with van der Waals surface area (Å²) in [6.07, 6.45) is 10.0. The van der Waals surface area contributed by atoms with Crippen molar-refractivity contribution in [3.8, 4) is 0 Å². The average Bonchev–Trinajstić information content (AvgIpc) is 3.40. The molecule has 1 saturated carbocycles. The standard InChI is InChI=1S/C24H38N6O3/c1-24(23(33)26-18-10-5-3-4-6-11-18)17-30-20(22(32)28(24)2)16-19(27-30)21(31)25-12-9-15-29-13-7-8-14-29/h16,18H,3-15,17H2,1-2H3,(H,25,31)(H,26,33)/t24-/m0/s1. The molecule has 0 unspecified atom stereocenters. The largest absolute Gasteiger partial charge is 0.351 e. The predicted octanol–water partition coefficient (Wildman–Crippen LogP) is 1.78. The van der Waals surface area contributed by atoms with Crippen molar-refractivity contribution in [1.82, 2.24) is 30.2 Å². The van der Waals surface area contributed by atoms with Gasteiger partial charge in [-0.3, -0.25) is 19.1 Å². The molecule has 1 aromatic heterocycles. The summed E-state index contributed by atoms with van der Waals surface area (Å²) in [5, 5.41) is 10.5. The summed E-state index contributed by atoms with van der Waals surface area (Å²) < 4.78 is 1.52. The first kappa shape index (κ1) is 23.7. The summed E-state index contributed by atoms with van der Waals surface area (Å²) in [6.45, 7) is 5.85. The van der Waals surface area contributed by atoms with Crippen LogP contribution in [0.25, 0.3) is 0 Å². The third kappa shape index (κ3) is 5.23. The monoisotopic (exact) mass is 458 g/mol. The van der Waals surface area contributed by atoms with Crippen molar-refractivity contribution < 1.29 is 14.4 Å². The Labute approximate surface area is 196 Å². The van der Waals surface area contributed by atoms with Gasteiger partial charge in [0, 0.05) is 25.7 Å². The molecule has 0 bridgehead atoms. The zero-order chi connectivity index (χ0) is 23.4. The van der Waals surface area contributed by atoms with Gasteiger partial charge in [-0.1, -0.05) is 25.7 Å². The molecule has 0 radical (unpaired) electrons. The van der Waals surface area contributed by atoms with E-state index in [4.69, 9.17) is 0 Å². The molecular weight excluding hydrogens is 420 g/mol. The molecule has 9 heteroatoms. The fourth-order valence-electron chi connectivity index (χ4n) is 5.20. The highest BCUT2D eigenvalue weighted by atomic mass is 16.2. The van der Waals surface area contributed by atoms with Crippen LogP contribution < -0.4 is 10.6 Å². The zero-order valence-corrected chi connectivity index (χ0v) is 20.1. The lowest BCUT2D eigenvalue weighted by atomic mass is 9.95. The van der Waals surface area contributed by atoms with Crippen LogP contribution in [0.1, 0.15) is 85.7 Å². The normalized spacial score (nSPS) is 24.4. The molecule has 1 aliphatic carbocycles. The van der Waals surface area contributed by atoms with E-state index in [0.29, 0.717) is 12.2 Å². The van der Waals surface area contributed by atoms with Crippen LogP contribution in [0.2, 0.25) is 0 Å². The molecule has 3 heterocycles. The van der Waals surface area contributed by atoms with E-state index in [0.717, 1.165) is 51.7 Å². The van der Waals surface area contributed by atoms with Gasteiger partial charge < -0.3 is 20.4 Å². The second-order valence-corrected chi connectivity index (χ2v) is 10.0. The molecule has 0 spiro atoms. The minimum Gasteiger partial charge on any atom is -0.351 e. The van der Waals surface area contributed by atoms with Gasteiger partial charge in [0.25, 0.3) is 11.8 Å². The SMILES string of the molecule is CN1C(=O)c2cc(C(=O)NCCCN3CCCC3)nn2C[C@@]1(C)C(=O)NC1CCCCCC1. The number of fused-ring (bicyclic) bond motifs is 1. The third-order valence-corrected chi connectivity index (χ3v) is 7.55. The topological polar surface area (TPSA) is 99.6 Å². The van der Waals surface area contributed by atoms with Gasteiger partial charge in [-0.2, -0.15) is 5.10 Å². The van der Waals surface area contributed by atoms with Crippen LogP contribution in [0.3, 0.4) is 0 Å². The molecule has 2 aliphatic heterocycles. The van der Waals surface area contributed by atoms with Crippen molar-refractivity contribution in [1.29, 1.82) is 0 Å². The number of hydrogen-bond acceptors (Lipinski definition) is 5. The molecule has 2 fully saturated rings. The van der Waals surface area contributed by atoms with E-state index in [1.54, 1.807) is 14.0 Å². The number of amides is 3. The predicted molar refractivity (Wildman–Crippen MR) is 125 cm³/mol. The highest BCUT2D eigenvalue weighted by molar-refractivity contribution is 6.01. The minimum atomic E-state index is -1.05. The van der Waals surface area contributed by atoms with Crippen LogP contribution in [0.15, 0.2) is 6.07 Å². The molecule has 3 aliphatic rings. The summed E-state index contributed by atoms with van der Waals surface area (Å²) in [5.74, 6) is -0.724. The maximum atomic E-state index is 13.3. The first-order chi connectivity index (χ1) is 15.9. The lowest BCUT2D eigenvalue weighted by Gasteiger charge is -2.41. The molecular formula is C24H38N6O3. The molecule has 182 valence electrons. The van der Waals surface area contributed by atoms with Gasteiger partial charge in [0.05, 0.1) is 6.54 Å². The van der Waals surface area contributed by atoms with Gasteiger partial charge in [0.15, 0.2) is 5.69 Å². The first-order valence-electron chi connectivity index (χ1n) is 12.6. The Morgan fingerprint density at radius 2 is 1.82 bits per heavy atom. The quantitative estimate of drug-likeness (QED) is 0.479. The number of nitrogens with zero attached hydrogens (tertiary/aromatic N) is 4. The summed E-state index contributed by atoms with van der Waals surface area (Å²) in [7, 11) is 1.66. The summed E-state index contributed by atoms with van der Waals surface area (Å²) in [5.41, 5.74) is -0.480. The summed E-state index contributed by atoms with van der Waals surface area (Å²) in [4.78, 5) is 42.9. The van der Waals surface area contributed by atoms with Crippen LogP contribution in [0, 0.1) is 0 Å². The van der Waals surface area contributed by atoms with Crippen LogP contribution in [-0.4, -0.2) is 82.1 Å². The molecule has 0 aromatic carbocycles. The van der Waals surface area contributed by atoms with Crippen molar-refractivity contribution >= 4 is 17.7 Å². The molecule has 9 nitrogen and oxygen atoms in total. The lowest BCUT2D eigenvalue weighted by molar-refractivity contribution is -0.133. The fraction of sp³-hybridized carbons (Fsp3) is 0.750. The second-order valence-electron chi connectivity index (χ2n) is 10.0. The van der Waals surface area contributed by atoms with E-state index in [1.165, 1.54) is 41.3 Å². The maximum Gasteiger partial charge on any atom is 0.272 e. The highest BCUT2D eigenvalue weighted by Crippen LogP contribution is 2.27. The molecule has 1 aromatic rings. The minimum absolute atomic E-state index is 0.153. The van der Waals surface area contributed by atoms with Gasteiger partial charge in [-0.15, -0.1) is 0 Å². The van der Waals surface area contributed by atoms with Gasteiger partial charge >= 0.3 is 0 Å². The van der Waals surface area contributed by atoms with Crippen molar-refractivity contribution in [3.05, 3.63) is 17.5 Å². The Bertz CT molecular complexity index is 870. The van der Waals surface area contributed by atoms with Gasteiger partial charge in [0.1, 0.15) is 11.2 Å². The molecule has 1 saturated heterocycles. The van der Waals surface area contributed by atoms with E-state index in [9.17, 15) is 14.4 Å². The number of hydrogen-bond donors (Lipinski definition) is 2. The number of likely N-dealkylation sites (tertiary alicyclic amines) is 1. The molecule has 3 amide bonds. The van der Waals surface area contributed by atoms with E-state index >= 15 is 0 Å². The van der Waals surface area contributed by atoms with Gasteiger partial charge in [-0.25, -0.2) is 0 Å². The van der Waals surface area contributed by atoms with Gasteiger partial charge in [-0.05, 0) is 58.7 Å². The van der Waals surface area contributed by atoms with Gasteiger partial charge in [0.2, 0.25) is 5.91 Å². The van der Waals surface area contributed by atoms with Crippen molar-refractivity contribution in [3.63, 3.8) is 0 Å². The lowest BCUT2D eigenvalue weighted by Crippen LogP contribution is -2.63. The maximum absolute atomic E-state index is 13.3. The van der Waals surface area contributed by atoms with Crippen LogP contribution in [0.4, 0.5) is 0 Å². The molecule has 4 rings (SSSR count). The molecule has 1 atom stereocenters. The van der Waals surface area contributed by atoms with Crippen molar-refractivity contribution in [2.24, 2.45) is 0 Å². The van der Waals surface area contributed by atoms with Crippen LogP contribution in [-0.2, 0) is 11.3 Å². The van der Waals surface area contributed by atoms with E-state index < -0.39 is 5.54 Å². The Morgan fingerprint density at radius 1 is 1.12 bits per heavy atom. The highest BCUT2D eigenvalue weighted by Gasteiger charge is 2.46. The molecule has 33 heavy (non-hydrogen) atoms. The van der Waals surface area contributed by atoms with Crippen molar-refractivity contribution in [2.75, 3.05) is 33.2 Å². The average molecular weight is 459 g/mol. The first-order valence-corrected chi connectivity index (χ1v) is 12.6. The van der Waals surface area contributed by atoms with Crippen molar-refractivity contribution in [2.45, 2.75) is 82.8 Å². The van der Waals surface area contributed by atoms with Crippen LogP contribution >= 0.6 is 0 Å². The number of carbonyl (C=O) groups is 3. The Hall–Kier alpha value is -2.42. The third-order valence-electron chi connectivity index (χ3n) is 7.55. The number of rotatable bonds is 7. The van der Waals surface area contributed by atoms with E-state index in [1.807, 2.05) is 0 Å². The Kier molecular flexibility index (Phi) is 7.36.